The van der Waals surface area contributed by atoms with Crippen LogP contribution in [-0.4, -0.2) is 0 Å². The van der Waals surface area contributed by atoms with Gasteiger partial charge in [0, 0.05) is 0 Å². The molecule has 0 unspecified atom stereocenters. The highest BCUT2D eigenvalue weighted by Gasteiger charge is 2.46. The van der Waals surface area contributed by atoms with Crippen molar-refractivity contribution in [1.29, 1.82) is 0 Å². The predicted octanol–water partition coefficient (Wildman–Crippen LogP) is 8.15. The molecule has 0 aliphatic heterocycles. The largest absolute Gasteiger partial charge is 0.0779 e. The Morgan fingerprint density at radius 1 is 0.724 bits per heavy atom. The summed E-state index contributed by atoms with van der Waals surface area (Å²) in [5.74, 6) is 0. The van der Waals surface area contributed by atoms with E-state index in [9.17, 15) is 0 Å². The topological polar surface area (TPSA) is 0 Å². The van der Waals surface area contributed by atoms with Gasteiger partial charge in [0.25, 0.3) is 0 Å². The summed E-state index contributed by atoms with van der Waals surface area (Å²) in [5.41, 5.74) is 15.0. The van der Waals surface area contributed by atoms with Crippen LogP contribution in [0.15, 0.2) is 11.6 Å². The van der Waals surface area contributed by atoms with Gasteiger partial charge in [0.2, 0.25) is 0 Å². The zero-order valence-electron chi connectivity index (χ0n) is 20.1. The first kappa shape index (κ1) is 19.7. The Labute approximate surface area is 178 Å². The Kier molecular flexibility index (Phi) is 3.85. The normalized spacial score (nSPS) is 27.2. The summed E-state index contributed by atoms with van der Waals surface area (Å²) < 4.78 is 0. The van der Waals surface area contributed by atoms with E-state index in [4.69, 9.17) is 0 Å². The van der Waals surface area contributed by atoms with Gasteiger partial charge in [-0.3, -0.25) is 0 Å². The van der Waals surface area contributed by atoms with E-state index in [2.05, 4.69) is 67.5 Å². The Balaban J connectivity index is 1.86. The first-order valence-electron chi connectivity index (χ1n) is 11.9. The smallest absolute Gasteiger partial charge is 0.00518 e. The van der Waals surface area contributed by atoms with E-state index in [1.165, 1.54) is 44.9 Å². The van der Waals surface area contributed by atoms with Gasteiger partial charge in [-0.1, -0.05) is 73.1 Å². The summed E-state index contributed by atoms with van der Waals surface area (Å²) in [5, 5.41) is 0. The maximum absolute atomic E-state index is 2.52. The number of hydrogen-bond acceptors (Lipinski definition) is 0. The first-order valence-corrected chi connectivity index (χ1v) is 11.9. The van der Waals surface area contributed by atoms with Crippen LogP contribution in [0.4, 0.5) is 0 Å². The summed E-state index contributed by atoms with van der Waals surface area (Å²) in [6.07, 6.45) is 14.0. The molecule has 0 fully saturated rings. The fraction of sp³-hybridized carbons (Fsp3) is 0.655. The van der Waals surface area contributed by atoms with Crippen molar-refractivity contribution in [2.45, 2.75) is 111 Å². The molecule has 4 aliphatic rings. The van der Waals surface area contributed by atoms with Gasteiger partial charge in [0.1, 0.15) is 0 Å². The second kappa shape index (κ2) is 5.68. The molecule has 4 aliphatic carbocycles. The average Bonchev–Trinajstić information content (AvgIpc) is 2.94. The van der Waals surface area contributed by atoms with Gasteiger partial charge in [-0.15, -0.1) is 0 Å². The average molecular weight is 389 g/mol. The van der Waals surface area contributed by atoms with Crippen molar-refractivity contribution in [3.63, 3.8) is 0 Å². The predicted molar refractivity (Wildman–Crippen MR) is 127 cm³/mol. The van der Waals surface area contributed by atoms with Gasteiger partial charge >= 0.3 is 0 Å². The lowest BCUT2D eigenvalue weighted by molar-refractivity contribution is 0.328. The van der Waals surface area contributed by atoms with E-state index in [0.29, 0.717) is 5.41 Å². The highest BCUT2D eigenvalue weighted by molar-refractivity contribution is 5.86. The number of benzene rings is 1. The number of fused-ring (bicyclic) bond motifs is 7. The molecule has 0 saturated carbocycles. The highest BCUT2D eigenvalue weighted by atomic mass is 14.5. The lowest BCUT2D eigenvalue weighted by atomic mass is 9.58. The van der Waals surface area contributed by atoms with Crippen LogP contribution >= 0.6 is 0 Å². The minimum atomic E-state index is 0.261. The third kappa shape index (κ3) is 2.84. The molecular weight excluding hydrogens is 348 g/mol. The van der Waals surface area contributed by atoms with Crippen LogP contribution in [0.25, 0.3) is 11.6 Å². The molecular formula is C29H40. The summed E-state index contributed by atoms with van der Waals surface area (Å²) in [7, 11) is 0. The molecule has 1 aromatic carbocycles. The van der Waals surface area contributed by atoms with Crippen molar-refractivity contribution in [3.8, 4) is 0 Å². The maximum Gasteiger partial charge on any atom is -0.00518 e. The van der Waals surface area contributed by atoms with Crippen LogP contribution in [0.3, 0.4) is 0 Å². The molecule has 156 valence electrons. The minimum absolute atomic E-state index is 0.261. The van der Waals surface area contributed by atoms with Crippen molar-refractivity contribution in [1.82, 2.24) is 0 Å². The van der Waals surface area contributed by atoms with E-state index >= 15 is 0 Å². The molecule has 0 saturated heterocycles. The monoisotopic (exact) mass is 388 g/mol. The van der Waals surface area contributed by atoms with Crippen molar-refractivity contribution in [2.75, 3.05) is 0 Å². The molecule has 0 spiro atoms. The molecule has 0 heterocycles. The van der Waals surface area contributed by atoms with Gasteiger partial charge in [0.05, 0.1) is 0 Å². The molecule has 5 rings (SSSR count). The van der Waals surface area contributed by atoms with E-state index < -0.39 is 0 Å². The second-order valence-corrected chi connectivity index (χ2v) is 13.4. The molecule has 0 atom stereocenters. The minimum Gasteiger partial charge on any atom is -0.0779 e. The zero-order valence-corrected chi connectivity index (χ0v) is 20.1. The third-order valence-corrected chi connectivity index (χ3v) is 8.69. The van der Waals surface area contributed by atoms with Crippen LogP contribution in [0.5, 0.6) is 0 Å². The molecule has 0 nitrogen and oxygen atoms in total. The van der Waals surface area contributed by atoms with Crippen LogP contribution in [0.1, 0.15) is 121 Å². The Morgan fingerprint density at radius 3 is 2.07 bits per heavy atom. The van der Waals surface area contributed by atoms with Gasteiger partial charge in [-0.05, 0) is 106 Å². The molecule has 0 amide bonds. The molecule has 1 aromatic rings. The van der Waals surface area contributed by atoms with Gasteiger partial charge in [0.15, 0.2) is 0 Å². The van der Waals surface area contributed by atoms with Crippen molar-refractivity contribution >= 4 is 11.6 Å². The quantitative estimate of drug-likeness (QED) is 0.420. The maximum atomic E-state index is 2.52. The van der Waals surface area contributed by atoms with Crippen LogP contribution in [0, 0.1) is 10.8 Å². The van der Waals surface area contributed by atoms with Gasteiger partial charge in [-0.2, -0.15) is 0 Å². The van der Waals surface area contributed by atoms with Crippen molar-refractivity contribution in [3.05, 3.63) is 45.0 Å². The van der Waals surface area contributed by atoms with E-state index in [1.807, 2.05) is 0 Å². The lowest BCUT2D eigenvalue weighted by Gasteiger charge is -2.46. The Morgan fingerprint density at radius 2 is 1.38 bits per heavy atom. The second-order valence-electron chi connectivity index (χ2n) is 13.4. The number of allylic oxidation sites excluding steroid dienone is 3. The summed E-state index contributed by atoms with van der Waals surface area (Å²) in [6, 6.07) is 0. The molecule has 0 N–H and O–H groups in total. The Bertz CT molecular complexity index is 972. The van der Waals surface area contributed by atoms with E-state index in [-0.39, 0.29) is 16.2 Å². The molecule has 0 heteroatoms. The molecule has 0 radical (unpaired) electrons. The number of hydrogen-bond donors (Lipinski definition) is 0. The first-order chi connectivity index (χ1) is 13.3. The SMILES string of the molecule is CC1(C)C=Cc2c(c3c(c4c2C(C)(C)CCC4(C)C)CC2=C3CC(C)(C)CC2)C1. The fourth-order valence-corrected chi connectivity index (χ4v) is 6.94. The molecule has 0 aromatic heterocycles. The summed E-state index contributed by atoms with van der Waals surface area (Å²) in [4.78, 5) is 0. The van der Waals surface area contributed by atoms with Crippen molar-refractivity contribution < 1.29 is 0 Å². The Hall–Kier alpha value is -1.30. The molecule has 29 heavy (non-hydrogen) atoms. The van der Waals surface area contributed by atoms with Crippen LogP contribution in [-0.2, 0) is 23.7 Å². The number of rotatable bonds is 0. The standard InChI is InChI=1S/C29H40/c1-26(2)11-9-18-15-20-23(21(18)16-26)22-17-27(3,4)12-10-19(22)24-25(20)29(7,8)14-13-28(24,5)6/h10,12H,9,11,13-17H2,1-8H3. The van der Waals surface area contributed by atoms with E-state index in [0.717, 1.165) is 0 Å². The highest BCUT2D eigenvalue weighted by Crippen LogP contribution is 2.58. The zero-order chi connectivity index (χ0) is 21.0. The van der Waals surface area contributed by atoms with Gasteiger partial charge < -0.3 is 0 Å². The van der Waals surface area contributed by atoms with E-state index in [1.54, 1.807) is 44.5 Å². The summed E-state index contributed by atoms with van der Waals surface area (Å²) in [6.45, 7) is 19.9. The lowest BCUT2D eigenvalue weighted by Crippen LogP contribution is -2.37. The van der Waals surface area contributed by atoms with Crippen LogP contribution < -0.4 is 0 Å². The molecule has 0 bridgehead atoms. The summed E-state index contributed by atoms with van der Waals surface area (Å²) >= 11 is 0. The van der Waals surface area contributed by atoms with Crippen molar-refractivity contribution in [2.24, 2.45) is 10.8 Å². The van der Waals surface area contributed by atoms with Crippen LogP contribution in [0.2, 0.25) is 0 Å². The van der Waals surface area contributed by atoms with Gasteiger partial charge in [-0.25, -0.2) is 0 Å². The third-order valence-electron chi connectivity index (χ3n) is 8.69. The fourth-order valence-electron chi connectivity index (χ4n) is 6.94.